The van der Waals surface area contributed by atoms with Gasteiger partial charge in [0.1, 0.15) is 0 Å². The van der Waals surface area contributed by atoms with Crippen LogP contribution in [0.4, 0.5) is 0 Å². The predicted octanol–water partition coefficient (Wildman–Crippen LogP) is 1.15. The summed E-state index contributed by atoms with van der Waals surface area (Å²) in [5.74, 6) is 0.479. The van der Waals surface area contributed by atoms with Crippen molar-refractivity contribution >= 4 is 11.8 Å². The van der Waals surface area contributed by atoms with Crippen LogP contribution in [-0.2, 0) is 11.3 Å². The normalized spacial score (nSPS) is 18.6. The molecule has 5 heteroatoms. The van der Waals surface area contributed by atoms with Crippen molar-refractivity contribution in [3.05, 3.63) is 35.4 Å². The SMILES string of the molecule is O=C(NCc1ccc(C(=O)N2CCCNCC2)cc1)C1CC1. The standard InChI is InChI=1S/C17H23N3O2/c21-16(14-6-7-14)19-12-13-2-4-15(5-3-13)17(22)20-10-1-8-18-9-11-20/h2-5,14,18H,1,6-12H2,(H,19,21). The van der Waals surface area contributed by atoms with Crippen molar-refractivity contribution in [2.75, 3.05) is 26.2 Å². The molecule has 1 aromatic rings. The minimum Gasteiger partial charge on any atom is -0.352 e. The van der Waals surface area contributed by atoms with Crippen molar-refractivity contribution in [2.45, 2.75) is 25.8 Å². The minimum atomic E-state index is 0.0947. The lowest BCUT2D eigenvalue weighted by atomic mass is 10.1. The maximum atomic E-state index is 12.5. The molecule has 2 amide bonds. The third-order valence-electron chi connectivity index (χ3n) is 4.24. The number of nitrogens with one attached hydrogen (secondary N) is 2. The molecule has 0 atom stereocenters. The van der Waals surface area contributed by atoms with Crippen LogP contribution in [0.2, 0.25) is 0 Å². The Morgan fingerprint density at radius 2 is 1.91 bits per heavy atom. The lowest BCUT2D eigenvalue weighted by Crippen LogP contribution is -2.34. The zero-order chi connectivity index (χ0) is 15.4. The number of hydrogen-bond acceptors (Lipinski definition) is 3. The monoisotopic (exact) mass is 301 g/mol. The summed E-state index contributed by atoms with van der Waals surface area (Å²) in [6.45, 7) is 3.95. The molecule has 1 saturated carbocycles. The summed E-state index contributed by atoms with van der Waals surface area (Å²) < 4.78 is 0. The quantitative estimate of drug-likeness (QED) is 0.877. The lowest BCUT2D eigenvalue weighted by Gasteiger charge is -2.20. The van der Waals surface area contributed by atoms with E-state index in [0.717, 1.165) is 56.6 Å². The first-order valence-corrected chi connectivity index (χ1v) is 8.11. The van der Waals surface area contributed by atoms with Crippen LogP contribution in [0.5, 0.6) is 0 Å². The number of amides is 2. The topological polar surface area (TPSA) is 61.4 Å². The van der Waals surface area contributed by atoms with Crippen LogP contribution in [0, 0.1) is 5.92 Å². The zero-order valence-corrected chi connectivity index (χ0v) is 12.8. The average Bonchev–Trinajstić information content (AvgIpc) is 3.38. The molecule has 1 heterocycles. The number of hydrogen-bond donors (Lipinski definition) is 2. The van der Waals surface area contributed by atoms with Crippen LogP contribution in [-0.4, -0.2) is 42.9 Å². The summed E-state index contributed by atoms with van der Waals surface area (Å²) in [5, 5.41) is 6.24. The largest absolute Gasteiger partial charge is 0.352 e. The Labute approximate surface area is 131 Å². The van der Waals surface area contributed by atoms with E-state index in [4.69, 9.17) is 0 Å². The first-order valence-electron chi connectivity index (χ1n) is 8.11. The van der Waals surface area contributed by atoms with Crippen LogP contribution in [0.15, 0.2) is 24.3 Å². The van der Waals surface area contributed by atoms with E-state index in [2.05, 4.69) is 10.6 Å². The van der Waals surface area contributed by atoms with E-state index in [1.165, 1.54) is 0 Å². The van der Waals surface area contributed by atoms with E-state index in [1.54, 1.807) is 0 Å². The van der Waals surface area contributed by atoms with Gasteiger partial charge in [-0.05, 0) is 43.5 Å². The summed E-state index contributed by atoms with van der Waals surface area (Å²) in [4.78, 5) is 26.0. The fourth-order valence-electron chi connectivity index (χ4n) is 2.68. The Morgan fingerprint density at radius 3 is 2.64 bits per heavy atom. The highest BCUT2D eigenvalue weighted by atomic mass is 16.2. The Balaban J connectivity index is 1.55. The molecule has 0 spiro atoms. The van der Waals surface area contributed by atoms with E-state index in [1.807, 2.05) is 29.2 Å². The maximum Gasteiger partial charge on any atom is 0.253 e. The van der Waals surface area contributed by atoms with Gasteiger partial charge in [-0.3, -0.25) is 9.59 Å². The average molecular weight is 301 g/mol. The number of carbonyl (C=O) groups is 2. The summed E-state index contributed by atoms with van der Waals surface area (Å²) in [6.07, 6.45) is 3.03. The fraction of sp³-hybridized carbons (Fsp3) is 0.529. The smallest absolute Gasteiger partial charge is 0.253 e. The molecular weight excluding hydrogens is 278 g/mol. The van der Waals surface area contributed by atoms with Crippen LogP contribution in [0.3, 0.4) is 0 Å². The molecule has 22 heavy (non-hydrogen) atoms. The first kappa shape index (κ1) is 15.0. The van der Waals surface area contributed by atoms with Gasteiger partial charge < -0.3 is 15.5 Å². The molecule has 0 unspecified atom stereocenters. The molecule has 1 saturated heterocycles. The molecule has 2 fully saturated rings. The van der Waals surface area contributed by atoms with Gasteiger partial charge in [0, 0.05) is 37.7 Å². The summed E-state index contributed by atoms with van der Waals surface area (Å²) in [7, 11) is 0. The Bertz CT molecular complexity index is 529. The Hall–Kier alpha value is -1.88. The van der Waals surface area contributed by atoms with E-state index >= 15 is 0 Å². The number of nitrogens with zero attached hydrogens (tertiary/aromatic N) is 1. The van der Waals surface area contributed by atoms with Gasteiger partial charge in [0.05, 0.1) is 0 Å². The van der Waals surface area contributed by atoms with Crippen LogP contribution >= 0.6 is 0 Å². The second-order valence-corrected chi connectivity index (χ2v) is 6.08. The molecule has 1 aliphatic heterocycles. The first-order chi connectivity index (χ1) is 10.7. The molecule has 0 bridgehead atoms. The maximum absolute atomic E-state index is 12.5. The second-order valence-electron chi connectivity index (χ2n) is 6.08. The second kappa shape index (κ2) is 6.92. The van der Waals surface area contributed by atoms with Gasteiger partial charge >= 0.3 is 0 Å². The van der Waals surface area contributed by atoms with Crippen molar-refractivity contribution in [1.29, 1.82) is 0 Å². The van der Waals surface area contributed by atoms with Gasteiger partial charge in [-0.1, -0.05) is 12.1 Å². The van der Waals surface area contributed by atoms with Crippen LogP contribution in [0.1, 0.15) is 35.2 Å². The predicted molar refractivity (Wildman–Crippen MR) is 84.4 cm³/mol. The number of rotatable bonds is 4. The highest BCUT2D eigenvalue weighted by Crippen LogP contribution is 2.28. The molecule has 0 radical (unpaired) electrons. The molecule has 0 aromatic heterocycles. The van der Waals surface area contributed by atoms with Gasteiger partial charge in [-0.15, -0.1) is 0 Å². The third kappa shape index (κ3) is 3.85. The van der Waals surface area contributed by atoms with Gasteiger partial charge in [-0.25, -0.2) is 0 Å². The van der Waals surface area contributed by atoms with Crippen molar-refractivity contribution < 1.29 is 9.59 Å². The lowest BCUT2D eigenvalue weighted by molar-refractivity contribution is -0.122. The molecule has 1 aliphatic carbocycles. The van der Waals surface area contributed by atoms with E-state index < -0.39 is 0 Å². The molecule has 1 aromatic carbocycles. The molecular formula is C17H23N3O2. The highest BCUT2D eigenvalue weighted by molar-refractivity contribution is 5.94. The number of benzene rings is 1. The minimum absolute atomic E-state index is 0.0947. The Kier molecular flexibility index (Phi) is 4.73. The fourth-order valence-corrected chi connectivity index (χ4v) is 2.68. The highest BCUT2D eigenvalue weighted by Gasteiger charge is 2.29. The third-order valence-corrected chi connectivity index (χ3v) is 4.24. The van der Waals surface area contributed by atoms with E-state index in [9.17, 15) is 9.59 Å². The summed E-state index contributed by atoms with van der Waals surface area (Å²) >= 11 is 0. The summed E-state index contributed by atoms with van der Waals surface area (Å²) in [6, 6.07) is 7.57. The van der Waals surface area contributed by atoms with Crippen molar-refractivity contribution in [3.8, 4) is 0 Å². The van der Waals surface area contributed by atoms with Crippen LogP contribution < -0.4 is 10.6 Å². The molecule has 2 aliphatic rings. The molecule has 118 valence electrons. The van der Waals surface area contributed by atoms with Crippen molar-refractivity contribution in [1.82, 2.24) is 15.5 Å². The number of carbonyl (C=O) groups excluding carboxylic acids is 2. The molecule has 3 rings (SSSR count). The van der Waals surface area contributed by atoms with Gasteiger partial charge in [0.25, 0.3) is 5.91 Å². The molecule has 5 nitrogen and oxygen atoms in total. The van der Waals surface area contributed by atoms with Gasteiger partial charge in [0.2, 0.25) is 5.91 Å². The molecule has 2 N–H and O–H groups in total. The van der Waals surface area contributed by atoms with Crippen molar-refractivity contribution in [2.24, 2.45) is 5.92 Å². The van der Waals surface area contributed by atoms with Crippen molar-refractivity contribution in [3.63, 3.8) is 0 Å². The van der Waals surface area contributed by atoms with E-state index in [-0.39, 0.29) is 17.7 Å². The summed E-state index contributed by atoms with van der Waals surface area (Å²) in [5.41, 5.74) is 1.75. The zero-order valence-electron chi connectivity index (χ0n) is 12.8. The van der Waals surface area contributed by atoms with E-state index in [0.29, 0.717) is 6.54 Å². The van der Waals surface area contributed by atoms with Crippen LogP contribution in [0.25, 0.3) is 0 Å². The van der Waals surface area contributed by atoms with Gasteiger partial charge in [0.15, 0.2) is 0 Å². The van der Waals surface area contributed by atoms with Gasteiger partial charge in [-0.2, -0.15) is 0 Å². The Morgan fingerprint density at radius 1 is 1.14 bits per heavy atom.